The SMILES string of the molecule is CC[C@](C)(NC(=O)NCc1ccc(-n2ccnc2)nc1)c1ccccc1. The molecule has 2 heterocycles. The van der Waals surface area contributed by atoms with Gasteiger partial charge in [0.1, 0.15) is 12.1 Å². The Morgan fingerprint density at radius 3 is 2.62 bits per heavy atom. The van der Waals surface area contributed by atoms with Gasteiger partial charge in [-0.3, -0.25) is 4.57 Å². The molecule has 1 aromatic carbocycles. The van der Waals surface area contributed by atoms with Crippen molar-refractivity contribution in [2.45, 2.75) is 32.4 Å². The molecule has 0 aliphatic carbocycles. The average molecular weight is 349 g/mol. The molecule has 3 aromatic rings. The molecular weight excluding hydrogens is 326 g/mol. The van der Waals surface area contributed by atoms with Crippen molar-refractivity contribution < 1.29 is 4.79 Å². The lowest BCUT2D eigenvalue weighted by Gasteiger charge is -2.30. The number of nitrogens with one attached hydrogen (secondary N) is 2. The van der Waals surface area contributed by atoms with E-state index in [0.717, 1.165) is 23.4 Å². The third kappa shape index (κ3) is 4.08. The maximum absolute atomic E-state index is 12.4. The third-order valence-corrected chi connectivity index (χ3v) is 4.54. The van der Waals surface area contributed by atoms with Crippen LogP contribution in [0.15, 0.2) is 67.4 Å². The van der Waals surface area contributed by atoms with Crippen LogP contribution >= 0.6 is 0 Å². The maximum Gasteiger partial charge on any atom is 0.315 e. The Morgan fingerprint density at radius 2 is 2.00 bits per heavy atom. The number of amides is 2. The lowest BCUT2D eigenvalue weighted by Crippen LogP contribution is -2.47. The van der Waals surface area contributed by atoms with Gasteiger partial charge in [-0.25, -0.2) is 14.8 Å². The van der Waals surface area contributed by atoms with E-state index in [1.54, 1.807) is 18.7 Å². The highest BCUT2D eigenvalue weighted by Gasteiger charge is 2.26. The van der Waals surface area contributed by atoms with Crippen molar-refractivity contribution >= 4 is 6.03 Å². The monoisotopic (exact) mass is 349 g/mol. The molecule has 6 heteroatoms. The number of carbonyl (C=O) groups excluding carboxylic acids is 1. The number of hydrogen-bond acceptors (Lipinski definition) is 3. The molecule has 0 saturated carbocycles. The van der Waals surface area contributed by atoms with Crippen molar-refractivity contribution in [3.8, 4) is 5.82 Å². The van der Waals surface area contributed by atoms with Crippen molar-refractivity contribution in [1.82, 2.24) is 25.2 Å². The summed E-state index contributed by atoms with van der Waals surface area (Å²) < 4.78 is 1.83. The molecule has 2 N–H and O–H groups in total. The number of nitrogens with zero attached hydrogens (tertiary/aromatic N) is 3. The van der Waals surface area contributed by atoms with Gasteiger partial charge in [0.25, 0.3) is 0 Å². The van der Waals surface area contributed by atoms with Crippen LogP contribution < -0.4 is 10.6 Å². The number of aromatic nitrogens is 3. The molecule has 26 heavy (non-hydrogen) atoms. The standard InChI is InChI=1S/C20H23N5O/c1-3-20(2,17-7-5-4-6-8-17)24-19(26)23-14-16-9-10-18(22-13-16)25-12-11-21-15-25/h4-13,15H,3,14H2,1-2H3,(H2,23,24,26)/t20-/m0/s1. The van der Waals surface area contributed by atoms with Crippen LogP contribution in [-0.2, 0) is 12.1 Å². The Morgan fingerprint density at radius 1 is 1.19 bits per heavy atom. The van der Waals surface area contributed by atoms with Crippen LogP contribution in [0, 0.1) is 0 Å². The van der Waals surface area contributed by atoms with Crippen LogP contribution in [0.5, 0.6) is 0 Å². The number of carbonyl (C=O) groups is 1. The lowest BCUT2D eigenvalue weighted by atomic mass is 9.89. The summed E-state index contributed by atoms with van der Waals surface area (Å²) in [6.45, 7) is 4.51. The summed E-state index contributed by atoms with van der Waals surface area (Å²) in [5, 5.41) is 5.98. The van der Waals surface area contributed by atoms with Crippen LogP contribution in [-0.4, -0.2) is 20.6 Å². The van der Waals surface area contributed by atoms with E-state index in [2.05, 4.69) is 27.5 Å². The van der Waals surface area contributed by atoms with E-state index in [-0.39, 0.29) is 6.03 Å². The fraction of sp³-hybridized carbons (Fsp3) is 0.250. The molecule has 0 aliphatic heterocycles. The maximum atomic E-state index is 12.4. The van der Waals surface area contributed by atoms with Crippen molar-refractivity contribution in [3.63, 3.8) is 0 Å². The van der Waals surface area contributed by atoms with Gasteiger partial charge in [-0.15, -0.1) is 0 Å². The highest BCUT2D eigenvalue weighted by Crippen LogP contribution is 2.23. The molecule has 6 nitrogen and oxygen atoms in total. The Kier molecular flexibility index (Phi) is 5.31. The molecule has 0 fully saturated rings. The third-order valence-electron chi connectivity index (χ3n) is 4.54. The fourth-order valence-corrected chi connectivity index (χ4v) is 2.72. The molecule has 0 unspecified atom stereocenters. The van der Waals surface area contributed by atoms with Gasteiger partial charge in [-0.1, -0.05) is 43.3 Å². The van der Waals surface area contributed by atoms with Gasteiger partial charge >= 0.3 is 6.03 Å². The second-order valence-electron chi connectivity index (χ2n) is 6.35. The quantitative estimate of drug-likeness (QED) is 0.716. The van der Waals surface area contributed by atoms with E-state index in [1.807, 2.05) is 60.2 Å². The summed E-state index contributed by atoms with van der Waals surface area (Å²) in [4.78, 5) is 20.8. The summed E-state index contributed by atoms with van der Waals surface area (Å²) >= 11 is 0. The molecule has 0 saturated heterocycles. The Balaban J connectivity index is 1.58. The first-order chi connectivity index (χ1) is 12.6. The summed E-state index contributed by atoms with van der Waals surface area (Å²) in [6.07, 6.45) is 7.79. The number of hydrogen-bond donors (Lipinski definition) is 2. The summed E-state index contributed by atoms with van der Waals surface area (Å²) in [7, 11) is 0. The van der Waals surface area contributed by atoms with Crippen molar-refractivity contribution in [3.05, 3.63) is 78.5 Å². The number of pyridine rings is 1. The van der Waals surface area contributed by atoms with E-state index < -0.39 is 5.54 Å². The lowest BCUT2D eigenvalue weighted by molar-refractivity contribution is 0.225. The molecule has 0 spiro atoms. The highest BCUT2D eigenvalue weighted by molar-refractivity contribution is 5.75. The van der Waals surface area contributed by atoms with E-state index in [4.69, 9.17) is 0 Å². The zero-order valence-corrected chi connectivity index (χ0v) is 15.0. The highest BCUT2D eigenvalue weighted by atomic mass is 16.2. The molecule has 0 aliphatic rings. The van der Waals surface area contributed by atoms with Crippen LogP contribution in [0.2, 0.25) is 0 Å². The molecule has 2 aromatic heterocycles. The average Bonchev–Trinajstić information content (AvgIpc) is 3.22. The smallest absolute Gasteiger partial charge is 0.315 e. The van der Waals surface area contributed by atoms with E-state index in [0.29, 0.717) is 6.54 Å². The number of urea groups is 1. The molecular formula is C20H23N5O. The molecule has 1 atom stereocenters. The topological polar surface area (TPSA) is 71.8 Å². The zero-order valence-electron chi connectivity index (χ0n) is 15.0. The molecule has 3 rings (SSSR count). The number of rotatable bonds is 6. The minimum absolute atomic E-state index is 0.197. The van der Waals surface area contributed by atoms with Crippen molar-refractivity contribution in [1.29, 1.82) is 0 Å². The van der Waals surface area contributed by atoms with Crippen LogP contribution in [0.3, 0.4) is 0 Å². The fourth-order valence-electron chi connectivity index (χ4n) is 2.72. The largest absolute Gasteiger partial charge is 0.334 e. The number of benzene rings is 1. The molecule has 2 amide bonds. The number of imidazole rings is 1. The van der Waals surface area contributed by atoms with Gasteiger partial charge in [-0.2, -0.15) is 0 Å². The molecule has 0 bridgehead atoms. The summed E-state index contributed by atoms with van der Waals surface area (Å²) in [5.74, 6) is 0.790. The first kappa shape index (κ1) is 17.7. The first-order valence-electron chi connectivity index (χ1n) is 8.65. The van der Waals surface area contributed by atoms with E-state index in [9.17, 15) is 4.79 Å². The van der Waals surface area contributed by atoms with Gasteiger partial charge in [0.05, 0.1) is 5.54 Å². The van der Waals surface area contributed by atoms with Gasteiger partial charge in [-0.05, 0) is 30.5 Å². The minimum atomic E-state index is -0.408. The Labute approximate surface area is 153 Å². The second-order valence-corrected chi connectivity index (χ2v) is 6.35. The molecule has 134 valence electrons. The summed E-state index contributed by atoms with van der Waals surface area (Å²) in [6, 6.07) is 13.6. The normalized spacial score (nSPS) is 13.0. The zero-order chi connectivity index (χ0) is 18.4. The van der Waals surface area contributed by atoms with E-state index >= 15 is 0 Å². The second kappa shape index (κ2) is 7.82. The van der Waals surface area contributed by atoms with Gasteiger partial charge in [0.2, 0.25) is 0 Å². The Hall–Kier alpha value is -3.15. The first-order valence-corrected chi connectivity index (χ1v) is 8.65. The predicted octanol–water partition coefficient (Wildman–Crippen LogP) is 3.39. The molecule has 0 radical (unpaired) electrons. The van der Waals surface area contributed by atoms with Crippen LogP contribution in [0.4, 0.5) is 4.79 Å². The van der Waals surface area contributed by atoms with Crippen LogP contribution in [0.1, 0.15) is 31.4 Å². The Bertz CT molecular complexity index is 830. The van der Waals surface area contributed by atoms with Crippen molar-refractivity contribution in [2.75, 3.05) is 0 Å². The van der Waals surface area contributed by atoms with Crippen molar-refractivity contribution in [2.24, 2.45) is 0 Å². The summed E-state index contributed by atoms with van der Waals surface area (Å²) in [5.41, 5.74) is 1.61. The van der Waals surface area contributed by atoms with E-state index in [1.165, 1.54) is 0 Å². The van der Waals surface area contributed by atoms with Crippen LogP contribution in [0.25, 0.3) is 5.82 Å². The van der Waals surface area contributed by atoms with Gasteiger partial charge < -0.3 is 10.6 Å². The minimum Gasteiger partial charge on any atom is -0.334 e. The predicted molar refractivity (Wildman–Crippen MR) is 101 cm³/mol. The van der Waals surface area contributed by atoms with Gasteiger partial charge in [0.15, 0.2) is 0 Å². The van der Waals surface area contributed by atoms with Gasteiger partial charge in [0, 0.05) is 25.1 Å².